The first-order valence-electron chi connectivity index (χ1n) is 4.90. The Hall–Kier alpha value is -0.220. The van der Waals surface area contributed by atoms with Crippen molar-refractivity contribution in [2.75, 3.05) is 32.1 Å². The van der Waals surface area contributed by atoms with E-state index in [1.165, 1.54) is 18.2 Å². The number of amides is 1. The zero-order chi connectivity index (χ0) is 9.26. The van der Waals surface area contributed by atoms with Gasteiger partial charge in [-0.15, -0.1) is 0 Å². The van der Waals surface area contributed by atoms with Crippen molar-refractivity contribution >= 4 is 17.0 Å². The van der Waals surface area contributed by atoms with Crippen LogP contribution in [0.4, 0.5) is 4.79 Å². The molecule has 2 aliphatic heterocycles. The average Bonchev–Trinajstić information content (AvgIpc) is 2.64. The molecule has 1 amide bonds. The second-order valence-electron chi connectivity index (χ2n) is 3.99. The van der Waals surface area contributed by atoms with Gasteiger partial charge in [0.15, 0.2) is 0 Å². The summed E-state index contributed by atoms with van der Waals surface area (Å²) in [6.45, 7) is 6.40. The van der Waals surface area contributed by atoms with Gasteiger partial charge in [-0.25, -0.2) is 0 Å². The van der Waals surface area contributed by atoms with Crippen LogP contribution in [0.5, 0.6) is 0 Å². The number of thioether (sulfide) groups is 1. The Morgan fingerprint density at radius 3 is 2.92 bits per heavy atom. The Morgan fingerprint density at radius 1 is 1.54 bits per heavy atom. The Kier molecular flexibility index (Phi) is 2.79. The van der Waals surface area contributed by atoms with Crippen molar-refractivity contribution in [3.8, 4) is 0 Å². The second kappa shape index (κ2) is 3.88. The summed E-state index contributed by atoms with van der Waals surface area (Å²) in [4.78, 5) is 15.7. The highest BCUT2D eigenvalue weighted by Gasteiger charge is 2.26. The summed E-state index contributed by atoms with van der Waals surface area (Å²) in [5.41, 5.74) is 0. The van der Waals surface area contributed by atoms with E-state index in [1.807, 2.05) is 4.90 Å². The van der Waals surface area contributed by atoms with Gasteiger partial charge in [0, 0.05) is 25.4 Å². The van der Waals surface area contributed by atoms with E-state index < -0.39 is 0 Å². The molecule has 3 nitrogen and oxygen atoms in total. The van der Waals surface area contributed by atoms with Crippen LogP contribution in [-0.2, 0) is 0 Å². The van der Waals surface area contributed by atoms with Crippen molar-refractivity contribution in [2.24, 2.45) is 5.92 Å². The third-order valence-corrected chi connectivity index (χ3v) is 3.62. The smallest absolute Gasteiger partial charge is 0.282 e. The monoisotopic (exact) mass is 200 g/mol. The third-order valence-electron chi connectivity index (χ3n) is 2.72. The van der Waals surface area contributed by atoms with Crippen molar-refractivity contribution in [1.82, 2.24) is 9.80 Å². The van der Waals surface area contributed by atoms with Crippen molar-refractivity contribution in [1.29, 1.82) is 0 Å². The fourth-order valence-electron chi connectivity index (χ4n) is 1.95. The first kappa shape index (κ1) is 9.34. The van der Waals surface area contributed by atoms with E-state index in [0.29, 0.717) is 0 Å². The molecule has 0 saturated carbocycles. The Morgan fingerprint density at radius 2 is 2.38 bits per heavy atom. The molecular weight excluding hydrogens is 184 g/mol. The lowest BCUT2D eigenvalue weighted by Gasteiger charge is -2.22. The number of hydrogen-bond acceptors (Lipinski definition) is 3. The Balaban J connectivity index is 1.81. The highest BCUT2D eigenvalue weighted by Crippen LogP contribution is 2.20. The topological polar surface area (TPSA) is 23.6 Å². The van der Waals surface area contributed by atoms with Gasteiger partial charge in [-0.05, 0) is 12.3 Å². The van der Waals surface area contributed by atoms with Crippen LogP contribution in [0.15, 0.2) is 0 Å². The number of nitrogens with zero attached hydrogens (tertiary/aromatic N) is 2. The lowest BCUT2D eigenvalue weighted by Crippen LogP contribution is -2.36. The molecule has 1 unspecified atom stereocenters. The van der Waals surface area contributed by atoms with Gasteiger partial charge < -0.3 is 4.90 Å². The van der Waals surface area contributed by atoms with Crippen LogP contribution in [0.2, 0.25) is 0 Å². The largest absolute Gasteiger partial charge is 0.320 e. The van der Waals surface area contributed by atoms with Gasteiger partial charge in [-0.2, -0.15) is 0 Å². The molecule has 1 atom stereocenters. The number of carbonyl (C=O) groups is 1. The van der Waals surface area contributed by atoms with Gasteiger partial charge in [0.2, 0.25) is 0 Å². The Bertz CT molecular complexity index is 210. The molecule has 0 radical (unpaired) electrons. The van der Waals surface area contributed by atoms with Crippen LogP contribution >= 0.6 is 11.8 Å². The summed E-state index contributed by atoms with van der Waals surface area (Å²) in [5, 5.41) is 0.263. The predicted octanol–water partition coefficient (Wildman–Crippen LogP) is 1.45. The molecule has 0 bridgehead atoms. The van der Waals surface area contributed by atoms with Crippen molar-refractivity contribution in [3.63, 3.8) is 0 Å². The molecule has 4 heteroatoms. The standard InChI is InChI=1S/C9H16N2OS/c1-8-2-3-10(6-8)7-11-4-5-13-9(11)12/h8H,2-7H2,1H3. The number of likely N-dealkylation sites (tertiary alicyclic amines) is 1. The number of hydrogen-bond donors (Lipinski definition) is 0. The highest BCUT2D eigenvalue weighted by molar-refractivity contribution is 8.13. The van der Waals surface area contributed by atoms with Crippen LogP contribution in [-0.4, -0.2) is 47.1 Å². The average molecular weight is 200 g/mol. The molecule has 0 aliphatic carbocycles. The van der Waals surface area contributed by atoms with E-state index in [4.69, 9.17) is 0 Å². The lowest BCUT2D eigenvalue weighted by molar-refractivity contribution is 0.179. The second-order valence-corrected chi connectivity index (χ2v) is 5.04. The van der Waals surface area contributed by atoms with Crippen molar-refractivity contribution in [3.05, 3.63) is 0 Å². The van der Waals surface area contributed by atoms with E-state index in [0.717, 1.165) is 38.0 Å². The predicted molar refractivity (Wildman–Crippen MR) is 54.8 cm³/mol. The molecule has 74 valence electrons. The van der Waals surface area contributed by atoms with Crippen molar-refractivity contribution < 1.29 is 4.79 Å². The molecule has 0 aromatic heterocycles. The van der Waals surface area contributed by atoms with Crippen LogP contribution < -0.4 is 0 Å². The van der Waals surface area contributed by atoms with Gasteiger partial charge in [0.25, 0.3) is 5.24 Å². The van der Waals surface area contributed by atoms with E-state index in [9.17, 15) is 4.79 Å². The molecule has 2 fully saturated rings. The minimum atomic E-state index is 0.263. The van der Waals surface area contributed by atoms with Crippen molar-refractivity contribution in [2.45, 2.75) is 13.3 Å². The van der Waals surface area contributed by atoms with Gasteiger partial charge in [0.05, 0.1) is 6.67 Å². The Labute approximate surface area is 83.5 Å². The molecule has 0 N–H and O–H groups in total. The normalized spacial score (nSPS) is 30.4. The van der Waals surface area contributed by atoms with Crippen LogP contribution in [0.3, 0.4) is 0 Å². The molecule has 2 saturated heterocycles. The summed E-state index contributed by atoms with van der Waals surface area (Å²) in [6.07, 6.45) is 1.29. The molecule has 2 aliphatic rings. The minimum absolute atomic E-state index is 0.263. The maximum Gasteiger partial charge on any atom is 0.282 e. The molecule has 2 rings (SSSR count). The zero-order valence-corrected chi connectivity index (χ0v) is 8.85. The van der Waals surface area contributed by atoms with Gasteiger partial charge in [-0.1, -0.05) is 18.7 Å². The number of carbonyl (C=O) groups excluding carboxylic acids is 1. The van der Waals surface area contributed by atoms with Crippen LogP contribution in [0, 0.1) is 5.92 Å². The van der Waals surface area contributed by atoms with Gasteiger partial charge in [-0.3, -0.25) is 9.69 Å². The summed E-state index contributed by atoms with van der Waals surface area (Å²) >= 11 is 1.45. The van der Waals surface area contributed by atoms with Gasteiger partial charge >= 0.3 is 0 Å². The summed E-state index contributed by atoms with van der Waals surface area (Å²) < 4.78 is 0. The van der Waals surface area contributed by atoms with E-state index in [-0.39, 0.29) is 5.24 Å². The SMILES string of the molecule is CC1CCN(CN2CCSC2=O)C1. The summed E-state index contributed by atoms with van der Waals surface area (Å²) in [5.74, 6) is 1.78. The lowest BCUT2D eigenvalue weighted by atomic mass is 10.2. The van der Waals surface area contributed by atoms with E-state index in [1.54, 1.807) is 0 Å². The van der Waals surface area contributed by atoms with Crippen LogP contribution in [0.25, 0.3) is 0 Å². The highest BCUT2D eigenvalue weighted by atomic mass is 32.2. The maximum absolute atomic E-state index is 11.3. The van der Waals surface area contributed by atoms with E-state index in [2.05, 4.69) is 11.8 Å². The minimum Gasteiger partial charge on any atom is -0.320 e. The first-order chi connectivity index (χ1) is 6.25. The molecule has 2 heterocycles. The molecule has 0 aromatic carbocycles. The quantitative estimate of drug-likeness (QED) is 0.674. The first-order valence-corrected chi connectivity index (χ1v) is 5.88. The molecular formula is C9H16N2OS. The number of rotatable bonds is 2. The third kappa shape index (κ3) is 2.17. The molecule has 13 heavy (non-hydrogen) atoms. The zero-order valence-electron chi connectivity index (χ0n) is 8.03. The summed E-state index contributed by atoms with van der Waals surface area (Å²) in [7, 11) is 0. The van der Waals surface area contributed by atoms with E-state index >= 15 is 0 Å². The van der Waals surface area contributed by atoms with Gasteiger partial charge in [0.1, 0.15) is 0 Å². The van der Waals surface area contributed by atoms with Crippen LogP contribution in [0.1, 0.15) is 13.3 Å². The fourth-order valence-corrected chi connectivity index (χ4v) is 2.77. The molecule has 0 aromatic rings. The maximum atomic E-state index is 11.3. The summed E-state index contributed by atoms with van der Waals surface area (Å²) in [6, 6.07) is 0. The molecule has 0 spiro atoms. The fraction of sp³-hybridized carbons (Fsp3) is 0.889.